The van der Waals surface area contributed by atoms with Crippen LogP contribution in [0, 0.1) is 0 Å². The van der Waals surface area contributed by atoms with Crippen LogP contribution in [-0.4, -0.2) is 16.3 Å². The Labute approximate surface area is 121 Å². The lowest BCUT2D eigenvalue weighted by atomic mass is 10.2. The quantitative estimate of drug-likeness (QED) is 0.860. The largest absolute Gasteiger partial charge is 0.321 e. The summed E-state index contributed by atoms with van der Waals surface area (Å²) in [7, 11) is 0. The summed E-state index contributed by atoms with van der Waals surface area (Å²) in [5, 5.41) is 2.88. The average Bonchev–Trinajstić information content (AvgIpc) is 2.45. The highest BCUT2D eigenvalue weighted by Crippen LogP contribution is 2.09. The highest BCUT2D eigenvalue weighted by Gasteiger charge is 2.08. The van der Waals surface area contributed by atoms with Crippen LogP contribution in [0.15, 0.2) is 58.7 Å². The fraction of sp³-hybridized carbons (Fsp3) is 0.0714. The number of aliphatic imine (C=N–C) groups is 1. The van der Waals surface area contributed by atoms with E-state index >= 15 is 0 Å². The molecule has 0 fully saturated rings. The molecule has 0 amide bonds. The molecule has 0 radical (unpaired) electrons. The van der Waals surface area contributed by atoms with Crippen molar-refractivity contribution in [1.82, 2.24) is 9.55 Å². The Balaban J connectivity index is 2.36. The minimum atomic E-state index is -0.303. The van der Waals surface area contributed by atoms with Crippen molar-refractivity contribution in [2.75, 3.05) is 5.32 Å². The zero-order valence-electron chi connectivity index (χ0n) is 10.7. The number of benzene rings is 1. The van der Waals surface area contributed by atoms with Crippen molar-refractivity contribution in [3.05, 3.63) is 70.0 Å². The van der Waals surface area contributed by atoms with Crippen LogP contribution in [0.4, 0.5) is 5.82 Å². The predicted octanol–water partition coefficient (Wildman–Crippen LogP) is 2.53. The lowest BCUT2D eigenvalue weighted by Gasteiger charge is -2.09. The van der Waals surface area contributed by atoms with Crippen LogP contribution in [0.5, 0.6) is 0 Å². The maximum atomic E-state index is 12.3. The van der Waals surface area contributed by atoms with Gasteiger partial charge in [0.2, 0.25) is 0 Å². The first kappa shape index (κ1) is 14.0. The van der Waals surface area contributed by atoms with Crippen LogP contribution in [0.3, 0.4) is 0 Å². The average molecular weight is 289 g/mol. The third-order valence-electron chi connectivity index (χ3n) is 2.59. The van der Waals surface area contributed by atoms with E-state index in [1.54, 1.807) is 0 Å². The maximum Gasteiger partial charge on any atom is 0.294 e. The van der Waals surface area contributed by atoms with Gasteiger partial charge in [-0.15, -0.1) is 0 Å². The van der Waals surface area contributed by atoms with Gasteiger partial charge in [0.1, 0.15) is 11.0 Å². The van der Waals surface area contributed by atoms with E-state index in [9.17, 15) is 4.79 Å². The Morgan fingerprint density at radius 3 is 2.75 bits per heavy atom. The van der Waals surface area contributed by atoms with Crippen molar-refractivity contribution in [3.63, 3.8) is 0 Å². The molecule has 0 spiro atoms. The summed E-state index contributed by atoms with van der Waals surface area (Å²) in [6, 6.07) is 9.59. The summed E-state index contributed by atoms with van der Waals surface area (Å²) in [5.74, 6) is 0.314. The van der Waals surface area contributed by atoms with E-state index in [0.717, 1.165) is 5.56 Å². The fourth-order valence-electron chi connectivity index (χ4n) is 1.66. The Kier molecular flexibility index (Phi) is 4.32. The summed E-state index contributed by atoms with van der Waals surface area (Å²) < 4.78 is 1.48. The van der Waals surface area contributed by atoms with E-state index in [1.807, 2.05) is 30.3 Å². The van der Waals surface area contributed by atoms with E-state index in [0.29, 0.717) is 6.54 Å². The number of hydrogen-bond acceptors (Lipinski definition) is 4. The van der Waals surface area contributed by atoms with Gasteiger partial charge in [0.15, 0.2) is 5.82 Å². The van der Waals surface area contributed by atoms with Crippen molar-refractivity contribution in [2.45, 2.75) is 6.54 Å². The van der Waals surface area contributed by atoms with E-state index in [-0.39, 0.29) is 22.4 Å². The molecule has 0 bridgehead atoms. The molecular weight excluding hydrogens is 276 g/mol. The second-order valence-corrected chi connectivity index (χ2v) is 4.45. The SMILES string of the molecule is C=NC(=C)Nc1nc(Cl)cn(Cc2ccccc2)c1=O. The van der Waals surface area contributed by atoms with Gasteiger partial charge in [-0.3, -0.25) is 4.79 Å². The lowest BCUT2D eigenvalue weighted by molar-refractivity contribution is 0.751. The molecule has 0 unspecified atom stereocenters. The van der Waals surface area contributed by atoms with Crippen LogP contribution in [0.2, 0.25) is 5.15 Å². The van der Waals surface area contributed by atoms with Gasteiger partial charge in [-0.2, -0.15) is 0 Å². The first-order valence-corrected chi connectivity index (χ1v) is 6.21. The molecule has 20 heavy (non-hydrogen) atoms. The summed E-state index contributed by atoms with van der Waals surface area (Å²) in [6.45, 7) is 7.31. The van der Waals surface area contributed by atoms with Crippen molar-refractivity contribution < 1.29 is 0 Å². The molecule has 0 atom stereocenters. The van der Waals surface area contributed by atoms with Gasteiger partial charge < -0.3 is 9.88 Å². The number of nitrogens with zero attached hydrogens (tertiary/aromatic N) is 3. The highest BCUT2D eigenvalue weighted by molar-refractivity contribution is 6.29. The fourth-order valence-corrected chi connectivity index (χ4v) is 1.86. The Morgan fingerprint density at radius 2 is 2.10 bits per heavy atom. The molecule has 102 valence electrons. The minimum Gasteiger partial charge on any atom is -0.321 e. The second-order valence-electron chi connectivity index (χ2n) is 4.06. The number of anilines is 1. The van der Waals surface area contributed by atoms with Gasteiger partial charge in [-0.25, -0.2) is 9.98 Å². The minimum absolute atomic E-state index is 0.0748. The molecule has 5 nitrogen and oxygen atoms in total. The second kappa shape index (κ2) is 6.16. The van der Waals surface area contributed by atoms with Crippen molar-refractivity contribution >= 4 is 24.1 Å². The van der Waals surface area contributed by atoms with Crippen molar-refractivity contribution in [1.29, 1.82) is 0 Å². The molecule has 0 aliphatic carbocycles. The monoisotopic (exact) mass is 288 g/mol. The maximum absolute atomic E-state index is 12.3. The molecule has 0 aliphatic rings. The molecule has 0 saturated heterocycles. The number of nitrogens with one attached hydrogen (secondary N) is 1. The van der Waals surface area contributed by atoms with E-state index in [1.165, 1.54) is 10.8 Å². The number of halogens is 1. The Bertz CT molecular complexity index is 694. The van der Waals surface area contributed by atoms with Gasteiger partial charge in [0, 0.05) is 6.20 Å². The van der Waals surface area contributed by atoms with Gasteiger partial charge in [-0.05, 0) is 12.3 Å². The van der Waals surface area contributed by atoms with Crippen LogP contribution >= 0.6 is 11.6 Å². The zero-order valence-corrected chi connectivity index (χ0v) is 11.5. The number of hydrogen-bond donors (Lipinski definition) is 1. The van der Waals surface area contributed by atoms with Gasteiger partial charge >= 0.3 is 0 Å². The van der Waals surface area contributed by atoms with Crippen LogP contribution in [-0.2, 0) is 6.54 Å². The predicted molar refractivity (Wildman–Crippen MR) is 81.4 cm³/mol. The van der Waals surface area contributed by atoms with Crippen molar-refractivity contribution in [3.8, 4) is 0 Å². The molecule has 1 aromatic carbocycles. The lowest BCUT2D eigenvalue weighted by Crippen LogP contribution is -2.24. The third-order valence-corrected chi connectivity index (χ3v) is 2.78. The molecule has 0 aliphatic heterocycles. The van der Waals surface area contributed by atoms with Gasteiger partial charge in [0.05, 0.1) is 6.54 Å². The van der Waals surface area contributed by atoms with E-state index < -0.39 is 0 Å². The summed E-state index contributed by atoms with van der Waals surface area (Å²) in [4.78, 5) is 19.8. The first-order chi connectivity index (χ1) is 9.60. The molecule has 2 rings (SSSR count). The number of aromatic nitrogens is 2. The third kappa shape index (κ3) is 3.33. The first-order valence-electron chi connectivity index (χ1n) is 5.83. The van der Waals surface area contributed by atoms with Crippen LogP contribution in [0.1, 0.15) is 5.56 Å². The van der Waals surface area contributed by atoms with Crippen molar-refractivity contribution in [2.24, 2.45) is 4.99 Å². The summed E-state index contributed by atoms with van der Waals surface area (Å²) in [5.41, 5.74) is 0.687. The molecular formula is C14H13ClN4O. The van der Waals surface area contributed by atoms with Gasteiger partial charge in [-0.1, -0.05) is 48.5 Å². The zero-order chi connectivity index (χ0) is 14.5. The van der Waals surface area contributed by atoms with Crippen LogP contribution in [0.25, 0.3) is 0 Å². The van der Waals surface area contributed by atoms with Gasteiger partial charge in [0.25, 0.3) is 5.56 Å². The molecule has 2 aromatic rings. The van der Waals surface area contributed by atoms with E-state index in [2.05, 4.69) is 28.6 Å². The standard InChI is InChI=1S/C14H13ClN4O/c1-10(16-2)17-13-14(20)19(9-12(15)18-13)8-11-6-4-3-5-7-11/h3-7,9H,1-2,8H2,(H,17,18). The van der Waals surface area contributed by atoms with Crippen LogP contribution < -0.4 is 10.9 Å². The Hall–Kier alpha value is -2.40. The number of rotatable bonds is 5. The summed E-state index contributed by atoms with van der Waals surface area (Å²) in [6.07, 6.45) is 1.49. The Morgan fingerprint density at radius 1 is 1.40 bits per heavy atom. The molecule has 6 heteroatoms. The normalized spacial score (nSPS) is 10.1. The molecule has 1 heterocycles. The highest BCUT2D eigenvalue weighted by atomic mass is 35.5. The summed E-state index contributed by atoms with van der Waals surface area (Å²) >= 11 is 5.93. The smallest absolute Gasteiger partial charge is 0.294 e. The molecule has 0 saturated carbocycles. The van der Waals surface area contributed by atoms with E-state index in [4.69, 9.17) is 11.6 Å². The molecule has 1 N–H and O–H groups in total. The molecule has 1 aromatic heterocycles. The topological polar surface area (TPSA) is 59.3 Å².